The third kappa shape index (κ3) is 5.18. The van der Waals surface area contributed by atoms with Crippen molar-refractivity contribution in [3.8, 4) is 0 Å². The van der Waals surface area contributed by atoms with E-state index in [0.29, 0.717) is 18.7 Å². The van der Waals surface area contributed by atoms with Crippen molar-refractivity contribution in [3.63, 3.8) is 0 Å². The molecule has 0 radical (unpaired) electrons. The van der Waals surface area contributed by atoms with Crippen LogP contribution in [0.2, 0.25) is 0 Å². The summed E-state index contributed by atoms with van der Waals surface area (Å²) in [6, 6.07) is 4.65. The lowest BCUT2D eigenvalue weighted by molar-refractivity contribution is 0.0953. The third-order valence-electron chi connectivity index (χ3n) is 1.83. The summed E-state index contributed by atoms with van der Waals surface area (Å²) in [5.41, 5.74) is 5.42. The van der Waals surface area contributed by atoms with Crippen molar-refractivity contribution in [2.24, 2.45) is 5.73 Å². The molecule has 0 atom stereocenters. The summed E-state index contributed by atoms with van der Waals surface area (Å²) in [6.07, 6.45) is 0. The number of nitrogens with one attached hydrogen (secondary N) is 2. The molecule has 1 rings (SSSR count). The molecule has 0 aliphatic heterocycles. The van der Waals surface area contributed by atoms with E-state index in [4.69, 9.17) is 5.73 Å². The molecule has 3 amide bonds. The van der Waals surface area contributed by atoms with Crippen LogP contribution in [-0.2, 0) is 0 Å². The molecule has 1 aromatic carbocycles. The second-order valence-electron chi connectivity index (χ2n) is 3.21. The van der Waals surface area contributed by atoms with Gasteiger partial charge in [-0.2, -0.15) is 0 Å². The monoisotopic (exact) mass is 363 g/mol. The van der Waals surface area contributed by atoms with E-state index in [-0.39, 0.29) is 5.91 Å². The Kier molecular flexibility index (Phi) is 5.43. The Bertz CT molecular complexity index is 417. The van der Waals surface area contributed by atoms with Crippen LogP contribution in [0.5, 0.6) is 0 Å². The highest BCUT2D eigenvalue weighted by atomic mass is 79.9. The van der Waals surface area contributed by atoms with Crippen molar-refractivity contribution >= 4 is 43.8 Å². The van der Waals surface area contributed by atoms with E-state index in [1.54, 1.807) is 12.1 Å². The number of hydrogen-bond acceptors (Lipinski definition) is 2. The van der Waals surface area contributed by atoms with Gasteiger partial charge < -0.3 is 16.4 Å². The molecule has 92 valence electrons. The third-order valence-corrected chi connectivity index (χ3v) is 2.75. The van der Waals surface area contributed by atoms with Crippen LogP contribution in [0.25, 0.3) is 0 Å². The Morgan fingerprint density at radius 3 is 2.12 bits per heavy atom. The Hall–Kier alpha value is -1.08. The molecule has 4 N–H and O–H groups in total. The van der Waals surface area contributed by atoms with Crippen molar-refractivity contribution in [3.05, 3.63) is 32.7 Å². The maximum Gasteiger partial charge on any atom is 0.312 e. The molecule has 1 aromatic rings. The van der Waals surface area contributed by atoms with Crippen LogP contribution in [0.15, 0.2) is 27.1 Å². The molecular formula is C10H11Br2N3O2. The SMILES string of the molecule is NC(=O)NCCNC(=O)c1cc(Br)cc(Br)c1. The van der Waals surface area contributed by atoms with Crippen LogP contribution in [0, 0.1) is 0 Å². The Morgan fingerprint density at radius 2 is 1.59 bits per heavy atom. The molecule has 17 heavy (non-hydrogen) atoms. The summed E-state index contributed by atoms with van der Waals surface area (Å²) in [7, 11) is 0. The number of hydrogen-bond donors (Lipinski definition) is 3. The topological polar surface area (TPSA) is 84.2 Å². The molecule has 0 heterocycles. The lowest BCUT2D eigenvalue weighted by Gasteiger charge is -2.06. The largest absolute Gasteiger partial charge is 0.352 e. The van der Waals surface area contributed by atoms with Crippen molar-refractivity contribution in [1.82, 2.24) is 10.6 Å². The van der Waals surface area contributed by atoms with Gasteiger partial charge in [0.05, 0.1) is 0 Å². The molecular weight excluding hydrogens is 354 g/mol. The first-order valence-corrected chi connectivity index (χ1v) is 6.35. The van der Waals surface area contributed by atoms with E-state index < -0.39 is 6.03 Å². The number of halogens is 2. The van der Waals surface area contributed by atoms with E-state index in [1.165, 1.54) is 0 Å². The average molecular weight is 365 g/mol. The number of amides is 3. The van der Waals surface area contributed by atoms with Crippen LogP contribution < -0.4 is 16.4 Å². The molecule has 0 aliphatic rings. The summed E-state index contributed by atoms with van der Waals surface area (Å²) in [6.45, 7) is 0.627. The fourth-order valence-electron chi connectivity index (χ4n) is 1.15. The fourth-order valence-corrected chi connectivity index (χ4v) is 2.44. The van der Waals surface area contributed by atoms with Gasteiger partial charge in [-0.25, -0.2) is 4.79 Å². The number of primary amides is 1. The van der Waals surface area contributed by atoms with Crippen LogP contribution in [-0.4, -0.2) is 25.0 Å². The number of benzene rings is 1. The smallest absolute Gasteiger partial charge is 0.312 e. The minimum Gasteiger partial charge on any atom is -0.352 e. The van der Waals surface area contributed by atoms with Crippen LogP contribution in [0.1, 0.15) is 10.4 Å². The molecule has 0 unspecified atom stereocenters. The van der Waals surface area contributed by atoms with Crippen LogP contribution in [0.4, 0.5) is 4.79 Å². The molecule has 0 fully saturated rings. The van der Waals surface area contributed by atoms with E-state index in [2.05, 4.69) is 42.5 Å². The van der Waals surface area contributed by atoms with Gasteiger partial charge in [-0.05, 0) is 18.2 Å². The van der Waals surface area contributed by atoms with Gasteiger partial charge in [0.15, 0.2) is 0 Å². The van der Waals surface area contributed by atoms with Gasteiger partial charge in [0, 0.05) is 27.6 Å². The maximum atomic E-state index is 11.7. The standard InChI is InChI=1S/C10H11Br2N3O2/c11-7-3-6(4-8(12)5-7)9(16)14-1-2-15-10(13)17/h3-5H,1-2H2,(H,14,16)(H3,13,15,17). The second kappa shape index (κ2) is 6.61. The molecule has 0 aliphatic carbocycles. The second-order valence-corrected chi connectivity index (χ2v) is 5.04. The highest BCUT2D eigenvalue weighted by Crippen LogP contribution is 2.19. The summed E-state index contributed by atoms with van der Waals surface area (Å²) < 4.78 is 1.62. The molecule has 0 spiro atoms. The van der Waals surface area contributed by atoms with Crippen molar-refractivity contribution in [1.29, 1.82) is 0 Å². The quantitative estimate of drug-likeness (QED) is 0.709. The molecule has 0 bridgehead atoms. The van der Waals surface area contributed by atoms with E-state index in [0.717, 1.165) is 8.95 Å². The molecule has 0 saturated heterocycles. The fraction of sp³-hybridized carbons (Fsp3) is 0.200. The lowest BCUT2D eigenvalue weighted by Crippen LogP contribution is -2.37. The van der Waals surface area contributed by atoms with E-state index in [1.807, 2.05) is 6.07 Å². The van der Waals surface area contributed by atoms with Crippen molar-refractivity contribution in [2.45, 2.75) is 0 Å². The molecule has 5 nitrogen and oxygen atoms in total. The number of rotatable bonds is 4. The number of nitrogens with two attached hydrogens (primary N) is 1. The molecule has 7 heteroatoms. The maximum absolute atomic E-state index is 11.7. The van der Waals surface area contributed by atoms with E-state index >= 15 is 0 Å². The zero-order valence-electron chi connectivity index (χ0n) is 8.80. The van der Waals surface area contributed by atoms with Crippen molar-refractivity contribution < 1.29 is 9.59 Å². The predicted molar refractivity (Wildman–Crippen MR) is 71.8 cm³/mol. The first kappa shape index (κ1) is 14.0. The van der Waals surface area contributed by atoms with Gasteiger partial charge in [0.1, 0.15) is 0 Å². The van der Waals surface area contributed by atoms with Gasteiger partial charge in [-0.15, -0.1) is 0 Å². The van der Waals surface area contributed by atoms with Gasteiger partial charge in [0.25, 0.3) is 5.91 Å². The van der Waals surface area contributed by atoms with Crippen LogP contribution in [0.3, 0.4) is 0 Å². The van der Waals surface area contributed by atoms with Gasteiger partial charge >= 0.3 is 6.03 Å². The Balaban J connectivity index is 2.49. The number of urea groups is 1. The predicted octanol–water partition coefficient (Wildman–Crippen LogP) is 1.61. The Labute approximate surface area is 115 Å². The number of carbonyl (C=O) groups is 2. The lowest BCUT2D eigenvalue weighted by atomic mass is 10.2. The Morgan fingerprint density at radius 1 is 1.06 bits per heavy atom. The zero-order chi connectivity index (χ0) is 12.8. The highest BCUT2D eigenvalue weighted by molar-refractivity contribution is 9.11. The van der Waals surface area contributed by atoms with E-state index in [9.17, 15) is 9.59 Å². The van der Waals surface area contributed by atoms with Gasteiger partial charge in [-0.3, -0.25) is 4.79 Å². The van der Waals surface area contributed by atoms with Crippen molar-refractivity contribution in [2.75, 3.05) is 13.1 Å². The summed E-state index contributed by atoms with van der Waals surface area (Å²) in [4.78, 5) is 22.1. The molecule has 0 aromatic heterocycles. The summed E-state index contributed by atoms with van der Waals surface area (Å²) in [5, 5.41) is 5.04. The van der Waals surface area contributed by atoms with Gasteiger partial charge in [-0.1, -0.05) is 31.9 Å². The summed E-state index contributed by atoms with van der Waals surface area (Å²) in [5.74, 6) is -0.210. The van der Waals surface area contributed by atoms with Gasteiger partial charge in [0.2, 0.25) is 0 Å². The molecule has 0 saturated carbocycles. The first-order valence-electron chi connectivity index (χ1n) is 4.76. The first-order chi connectivity index (χ1) is 7.99. The minimum atomic E-state index is -0.607. The average Bonchev–Trinajstić information content (AvgIpc) is 2.22. The highest BCUT2D eigenvalue weighted by Gasteiger charge is 2.06. The number of carbonyl (C=O) groups excluding carboxylic acids is 2. The zero-order valence-corrected chi connectivity index (χ0v) is 12.0. The summed E-state index contributed by atoms with van der Waals surface area (Å²) >= 11 is 6.60. The normalized spacial score (nSPS) is 9.76. The minimum absolute atomic E-state index is 0.210. The van der Waals surface area contributed by atoms with Crippen LogP contribution >= 0.6 is 31.9 Å².